The number of hydrogen-bond acceptors (Lipinski definition) is 4. The first-order chi connectivity index (χ1) is 10.5. The molecule has 2 aromatic carbocycles. The Hall–Kier alpha value is -2.49. The van der Waals surface area contributed by atoms with Gasteiger partial charge in [-0.15, -0.1) is 0 Å². The number of carbonyl (C=O) groups is 1. The Balaban J connectivity index is 1.97. The van der Waals surface area contributed by atoms with E-state index in [1.165, 1.54) is 5.56 Å². The zero-order chi connectivity index (χ0) is 16.1. The standard InChI is InChI=1S/C18H20O4/c1-12-5-6-17(11-13(12)2)21-14(3)18(19)22-16-9-7-15(20-4)8-10-16/h5-11,14H,1-4H3. The molecule has 2 rings (SSSR count). The highest BCUT2D eigenvalue weighted by Gasteiger charge is 2.17. The summed E-state index contributed by atoms with van der Waals surface area (Å²) in [5, 5.41) is 0. The molecule has 0 spiro atoms. The van der Waals surface area contributed by atoms with Crippen molar-refractivity contribution >= 4 is 5.97 Å². The quantitative estimate of drug-likeness (QED) is 0.624. The molecule has 0 aliphatic rings. The van der Waals surface area contributed by atoms with Gasteiger partial charge in [-0.25, -0.2) is 4.79 Å². The first-order valence-electron chi connectivity index (χ1n) is 7.09. The summed E-state index contributed by atoms with van der Waals surface area (Å²) in [6.07, 6.45) is -0.691. The second-order valence-electron chi connectivity index (χ2n) is 5.10. The van der Waals surface area contributed by atoms with Gasteiger partial charge in [0.1, 0.15) is 17.2 Å². The minimum atomic E-state index is -0.691. The summed E-state index contributed by atoms with van der Waals surface area (Å²) in [5.74, 6) is 1.38. The van der Waals surface area contributed by atoms with Crippen LogP contribution in [0.3, 0.4) is 0 Å². The molecule has 0 N–H and O–H groups in total. The lowest BCUT2D eigenvalue weighted by Gasteiger charge is -2.15. The van der Waals surface area contributed by atoms with Gasteiger partial charge in [-0.3, -0.25) is 0 Å². The van der Waals surface area contributed by atoms with Gasteiger partial charge in [0.25, 0.3) is 0 Å². The predicted molar refractivity (Wildman–Crippen MR) is 84.6 cm³/mol. The van der Waals surface area contributed by atoms with Crippen molar-refractivity contribution in [3.8, 4) is 17.2 Å². The number of rotatable bonds is 5. The van der Waals surface area contributed by atoms with Gasteiger partial charge in [-0.2, -0.15) is 0 Å². The lowest BCUT2D eigenvalue weighted by Crippen LogP contribution is -2.28. The third kappa shape index (κ3) is 4.01. The summed E-state index contributed by atoms with van der Waals surface area (Å²) in [4.78, 5) is 12.0. The van der Waals surface area contributed by atoms with Crippen LogP contribution in [0.4, 0.5) is 0 Å². The fraction of sp³-hybridized carbons (Fsp3) is 0.278. The van der Waals surface area contributed by atoms with Crippen LogP contribution in [0.5, 0.6) is 17.2 Å². The number of carbonyl (C=O) groups excluding carboxylic acids is 1. The molecule has 0 heterocycles. The molecule has 0 saturated carbocycles. The molecule has 22 heavy (non-hydrogen) atoms. The maximum atomic E-state index is 12.0. The Bertz CT molecular complexity index is 647. The molecule has 116 valence electrons. The van der Waals surface area contributed by atoms with Crippen molar-refractivity contribution in [2.45, 2.75) is 26.9 Å². The predicted octanol–water partition coefficient (Wildman–Crippen LogP) is 3.68. The molecule has 0 aliphatic carbocycles. The lowest BCUT2D eigenvalue weighted by molar-refractivity contribution is -0.141. The second-order valence-corrected chi connectivity index (χ2v) is 5.10. The van der Waals surface area contributed by atoms with Crippen molar-refractivity contribution in [3.63, 3.8) is 0 Å². The molecule has 0 saturated heterocycles. The summed E-state index contributed by atoms with van der Waals surface area (Å²) in [5.41, 5.74) is 2.30. The number of hydrogen-bond donors (Lipinski definition) is 0. The van der Waals surface area contributed by atoms with Gasteiger partial charge in [0, 0.05) is 0 Å². The third-order valence-corrected chi connectivity index (χ3v) is 3.40. The van der Waals surface area contributed by atoms with E-state index < -0.39 is 12.1 Å². The number of esters is 1. The van der Waals surface area contributed by atoms with Crippen molar-refractivity contribution in [2.75, 3.05) is 7.11 Å². The highest BCUT2D eigenvalue weighted by atomic mass is 16.6. The van der Waals surface area contributed by atoms with Crippen LogP contribution in [0, 0.1) is 13.8 Å². The summed E-state index contributed by atoms with van der Waals surface area (Å²) in [6.45, 7) is 5.70. The first-order valence-corrected chi connectivity index (χ1v) is 7.09. The fourth-order valence-electron chi connectivity index (χ4n) is 1.88. The second kappa shape index (κ2) is 6.98. The summed E-state index contributed by atoms with van der Waals surface area (Å²) >= 11 is 0. The van der Waals surface area contributed by atoms with E-state index in [4.69, 9.17) is 14.2 Å². The van der Waals surface area contributed by atoms with Gasteiger partial charge < -0.3 is 14.2 Å². The van der Waals surface area contributed by atoms with Gasteiger partial charge in [0.05, 0.1) is 7.11 Å². The molecule has 1 atom stereocenters. The SMILES string of the molecule is COc1ccc(OC(=O)C(C)Oc2ccc(C)c(C)c2)cc1. The maximum Gasteiger partial charge on any atom is 0.352 e. The van der Waals surface area contributed by atoms with E-state index >= 15 is 0 Å². The van der Waals surface area contributed by atoms with Crippen LogP contribution in [0.25, 0.3) is 0 Å². The topological polar surface area (TPSA) is 44.8 Å². The van der Waals surface area contributed by atoms with Crippen LogP contribution in [0.15, 0.2) is 42.5 Å². The van der Waals surface area contributed by atoms with Crippen molar-refractivity contribution in [1.82, 2.24) is 0 Å². The molecule has 1 unspecified atom stereocenters. The normalized spacial score (nSPS) is 11.6. The molecule has 0 aromatic heterocycles. The first kappa shape index (κ1) is 15.9. The van der Waals surface area contributed by atoms with Crippen molar-refractivity contribution in [2.24, 2.45) is 0 Å². The maximum absolute atomic E-state index is 12.0. The zero-order valence-electron chi connectivity index (χ0n) is 13.3. The van der Waals surface area contributed by atoms with E-state index in [0.717, 1.165) is 5.56 Å². The molecule has 0 radical (unpaired) electrons. The van der Waals surface area contributed by atoms with E-state index in [0.29, 0.717) is 17.2 Å². The van der Waals surface area contributed by atoms with E-state index in [9.17, 15) is 4.79 Å². The van der Waals surface area contributed by atoms with Crippen LogP contribution < -0.4 is 14.2 Å². The van der Waals surface area contributed by atoms with E-state index in [1.807, 2.05) is 32.0 Å². The van der Waals surface area contributed by atoms with Gasteiger partial charge in [0.2, 0.25) is 0 Å². The smallest absolute Gasteiger partial charge is 0.352 e. The zero-order valence-corrected chi connectivity index (χ0v) is 13.3. The molecular weight excluding hydrogens is 280 g/mol. The van der Waals surface area contributed by atoms with Crippen LogP contribution in [-0.2, 0) is 4.79 Å². The van der Waals surface area contributed by atoms with Crippen LogP contribution >= 0.6 is 0 Å². The van der Waals surface area contributed by atoms with Crippen molar-refractivity contribution < 1.29 is 19.0 Å². The number of ether oxygens (including phenoxy) is 3. The molecule has 4 nitrogen and oxygen atoms in total. The molecule has 0 fully saturated rings. The van der Waals surface area contributed by atoms with E-state index in [-0.39, 0.29) is 0 Å². The van der Waals surface area contributed by atoms with Crippen LogP contribution in [0.1, 0.15) is 18.1 Å². The molecule has 0 bridgehead atoms. The largest absolute Gasteiger partial charge is 0.497 e. The van der Waals surface area contributed by atoms with Gasteiger partial charge >= 0.3 is 5.97 Å². The fourth-order valence-corrected chi connectivity index (χ4v) is 1.88. The summed E-state index contributed by atoms with van der Waals surface area (Å²) in [6, 6.07) is 12.5. The van der Waals surface area contributed by atoms with Gasteiger partial charge in [0.15, 0.2) is 6.10 Å². The van der Waals surface area contributed by atoms with Crippen molar-refractivity contribution in [1.29, 1.82) is 0 Å². The molecule has 2 aromatic rings. The summed E-state index contributed by atoms with van der Waals surface area (Å²) < 4.78 is 16.0. The van der Waals surface area contributed by atoms with Crippen LogP contribution in [-0.4, -0.2) is 19.2 Å². The molecule has 0 aliphatic heterocycles. The number of benzene rings is 2. The number of aryl methyl sites for hydroxylation is 2. The van der Waals surface area contributed by atoms with Gasteiger partial charge in [-0.1, -0.05) is 6.07 Å². The summed E-state index contributed by atoms with van der Waals surface area (Å²) in [7, 11) is 1.58. The minimum absolute atomic E-state index is 0.441. The Morgan fingerprint density at radius 1 is 0.909 bits per heavy atom. The Kier molecular flexibility index (Phi) is 5.04. The average Bonchev–Trinajstić information content (AvgIpc) is 2.51. The Labute approximate surface area is 130 Å². The highest BCUT2D eigenvalue weighted by Crippen LogP contribution is 2.20. The Morgan fingerprint density at radius 2 is 1.50 bits per heavy atom. The highest BCUT2D eigenvalue weighted by molar-refractivity contribution is 5.77. The Morgan fingerprint density at radius 3 is 2.09 bits per heavy atom. The lowest BCUT2D eigenvalue weighted by atomic mass is 10.1. The number of methoxy groups -OCH3 is 1. The van der Waals surface area contributed by atoms with Gasteiger partial charge in [-0.05, 0) is 68.3 Å². The van der Waals surface area contributed by atoms with Crippen molar-refractivity contribution in [3.05, 3.63) is 53.6 Å². The molecule has 0 amide bonds. The average molecular weight is 300 g/mol. The minimum Gasteiger partial charge on any atom is -0.497 e. The molecule has 4 heteroatoms. The molecular formula is C18H20O4. The third-order valence-electron chi connectivity index (χ3n) is 3.40. The van der Waals surface area contributed by atoms with Crippen LogP contribution in [0.2, 0.25) is 0 Å². The van der Waals surface area contributed by atoms with E-state index in [2.05, 4.69) is 0 Å². The monoisotopic (exact) mass is 300 g/mol. The van der Waals surface area contributed by atoms with E-state index in [1.54, 1.807) is 38.3 Å².